The first-order chi connectivity index (χ1) is 14.3. The molecule has 3 aromatic heterocycles. The van der Waals surface area contributed by atoms with E-state index in [-0.39, 0.29) is 0 Å². The minimum atomic E-state index is 0.704. The van der Waals surface area contributed by atoms with Crippen molar-refractivity contribution in [2.24, 2.45) is 10.2 Å². The molecule has 0 saturated carbocycles. The number of pyridine rings is 1. The van der Waals surface area contributed by atoms with Gasteiger partial charge in [0.25, 0.3) is 0 Å². The molecular weight excluding hydrogens is 378 g/mol. The number of nitrogens with zero attached hydrogens (tertiary/aromatic N) is 5. The number of imidazole rings is 1. The average molecular weight is 395 g/mol. The Kier molecular flexibility index (Phi) is 4.46. The van der Waals surface area contributed by atoms with E-state index in [1.807, 2.05) is 84.3 Å². The molecule has 0 aliphatic carbocycles. The van der Waals surface area contributed by atoms with Gasteiger partial charge in [0, 0.05) is 11.8 Å². The van der Waals surface area contributed by atoms with Crippen LogP contribution in [0.2, 0.25) is 0 Å². The second-order valence-corrected chi connectivity index (χ2v) is 7.55. The van der Waals surface area contributed by atoms with Crippen molar-refractivity contribution in [3.8, 4) is 21.1 Å². The fourth-order valence-electron chi connectivity index (χ4n) is 3.15. The number of hydrogen-bond donors (Lipinski definition) is 0. The molecule has 2 aromatic carbocycles. The topological polar surface area (TPSA) is 54.9 Å². The predicted molar refractivity (Wildman–Crippen MR) is 117 cm³/mol. The number of benzene rings is 2. The molecule has 0 aliphatic rings. The standard InChI is InChI=1S/C23H17N5S/c1-16-21(29-23(24-16)17-10-4-2-5-11-17)20-22(27-26-18-12-6-3-7-13-18)28-15-9-8-14-19(28)25-20/h2-15H,1H3. The fourth-order valence-corrected chi connectivity index (χ4v) is 4.21. The number of aromatic nitrogens is 3. The molecule has 140 valence electrons. The van der Waals surface area contributed by atoms with Gasteiger partial charge in [0.05, 0.1) is 16.3 Å². The lowest BCUT2D eigenvalue weighted by molar-refractivity contribution is 1.11. The molecule has 0 saturated heterocycles. The quantitative estimate of drug-likeness (QED) is 0.313. The minimum Gasteiger partial charge on any atom is -0.283 e. The Labute approximate surface area is 172 Å². The van der Waals surface area contributed by atoms with Crippen LogP contribution in [0, 0.1) is 6.92 Å². The summed E-state index contributed by atoms with van der Waals surface area (Å²) in [7, 11) is 0. The molecule has 29 heavy (non-hydrogen) atoms. The highest BCUT2D eigenvalue weighted by Gasteiger charge is 2.20. The monoisotopic (exact) mass is 395 g/mol. The van der Waals surface area contributed by atoms with Gasteiger partial charge >= 0.3 is 0 Å². The van der Waals surface area contributed by atoms with Gasteiger partial charge in [-0.15, -0.1) is 21.6 Å². The Morgan fingerprint density at radius 3 is 2.31 bits per heavy atom. The van der Waals surface area contributed by atoms with Crippen LogP contribution in [0.5, 0.6) is 0 Å². The number of thiazole rings is 1. The number of fused-ring (bicyclic) bond motifs is 1. The number of rotatable bonds is 4. The van der Waals surface area contributed by atoms with E-state index in [2.05, 4.69) is 22.4 Å². The molecule has 0 radical (unpaired) electrons. The number of aryl methyl sites for hydroxylation is 1. The molecule has 0 bridgehead atoms. The summed E-state index contributed by atoms with van der Waals surface area (Å²) in [5.41, 5.74) is 4.47. The Hall–Kier alpha value is -3.64. The van der Waals surface area contributed by atoms with Crippen molar-refractivity contribution in [1.29, 1.82) is 0 Å². The van der Waals surface area contributed by atoms with Crippen LogP contribution in [-0.2, 0) is 0 Å². The maximum atomic E-state index is 4.84. The van der Waals surface area contributed by atoms with Crippen LogP contribution in [0.1, 0.15) is 5.69 Å². The third-order valence-electron chi connectivity index (χ3n) is 4.55. The lowest BCUT2D eigenvalue weighted by atomic mass is 10.2. The Morgan fingerprint density at radius 1 is 0.793 bits per heavy atom. The Bertz CT molecular complexity index is 1300. The second-order valence-electron chi connectivity index (χ2n) is 6.55. The Morgan fingerprint density at radius 2 is 1.52 bits per heavy atom. The Balaban J connectivity index is 1.66. The van der Waals surface area contributed by atoms with Crippen LogP contribution in [0.3, 0.4) is 0 Å². The van der Waals surface area contributed by atoms with E-state index < -0.39 is 0 Å². The number of hydrogen-bond acceptors (Lipinski definition) is 5. The molecule has 0 amide bonds. The van der Waals surface area contributed by atoms with Gasteiger partial charge in [-0.3, -0.25) is 4.40 Å². The van der Waals surface area contributed by atoms with Crippen LogP contribution in [0.15, 0.2) is 95.3 Å². The van der Waals surface area contributed by atoms with Gasteiger partial charge in [-0.2, -0.15) is 0 Å². The molecule has 5 rings (SSSR count). The van der Waals surface area contributed by atoms with Crippen molar-refractivity contribution >= 4 is 28.5 Å². The molecule has 0 atom stereocenters. The minimum absolute atomic E-state index is 0.704. The predicted octanol–water partition coefficient (Wildman–Crippen LogP) is 6.85. The van der Waals surface area contributed by atoms with Crippen LogP contribution >= 0.6 is 11.3 Å². The number of azo groups is 1. The van der Waals surface area contributed by atoms with Crippen LogP contribution < -0.4 is 0 Å². The lowest BCUT2D eigenvalue weighted by Gasteiger charge is -1.98. The molecule has 3 heterocycles. The van der Waals surface area contributed by atoms with Crippen LogP contribution in [0.4, 0.5) is 11.5 Å². The van der Waals surface area contributed by atoms with Crippen molar-refractivity contribution < 1.29 is 0 Å². The van der Waals surface area contributed by atoms with E-state index in [1.54, 1.807) is 11.3 Å². The maximum Gasteiger partial charge on any atom is 0.188 e. The third kappa shape index (κ3) is 3.34. The zero-order chi connectivity index (χ0) is 19.6. The van der Waals surface area contributed by atoms with Gasteiger partial charge in [-0.25, -0.2) is 9.97 Å². The zero-order valence-corrected chi connectivity index (χ0v) is 16.5. The smallest absolute Gasteiger partial charge is 0.188 e. The third-order valence-corrected chi connectivity index (χ3v) is 5.77. The molecule has 0 spiro atoms. The van der Waals surface area contributed by atoms with Crippen LogP contribution in [0.25, 0.3) is 26.8 Å². The van der Waals surface area contributed by atoms with Gasteiger partial charge < -0.3 is 0 Å². The van der Waals surface area contributed by atoms with Crippen molar-refractivity contribution in [1.82, 2.24) is 14.4 Å². The summed E-state index contributed by atoms with van der Waals surface area (Å²) in [5, 5.41) is 9.97. The maximum absolute atomic E-state index is 4.84. The molecule has 6 heteroatoms. The van der Waals surface area contributed by atoms with E-state index in [0.29, 0.717) is 5.82 Å². The molecule has 5 aromatic rings. The zero-order valence-electron chi connectivity index (χ0n) is 15.7. The molecule has 0 unspecified atom stereocenters. The van der Waals surface area contributed by atoms with Gasteiger partial charge in [0.1, 0.15) is 16.3 Å². The highest BCUT2D eigenvalue weighted by atomic mass is 32.1. The summed E-state index contributed by atoms with van der Waals surface area (Å²) in [6.45, 7) is 2.01. The van der Waals surface area contributed by atoms with Crippen molar-refractivity contribution in [2.75, 3.05) is 0 Å². The van der Waals surface area contributed by atoms with Gasteiger partial charge in [-0.1, -0.05) is 54.6 Å². The highest BCUT2D eigenvalue weighted by Crippen LogP contribution is 2.40. The average Bonchev–Trinajstić information content (AvgIpc) is 3.34. The first-order valence-corrected chi connectivity index (χ1v) is 10.1. The second kappa shape index (κ2) is 7.41. The van der Waals surface area contributed by atoms with Gasteiger partial charge in [0.15, 0.2) is 5.82 Å². The fraction of sp³-hybridized carbons (Fsp3) is 0.0435. The first kappa shape index (κ1) is 17.5. The van der Waals surface area contributed by atoms with E-state index in [0.717, 1.165) is 38.2 Å². The molecular formula is C23H17N5S. The normalized spacial score (nSPS) is 11.5. The van der Waals surface area contributed by atoms with E-state index in [1.165, 1.54) is 0 Å². The summed E-state index contributed by atoms with van der Waals surface area (Å²) in [4.78, 5) is 10.6. The molecule has 0 fully saturated rings. The lowest BCUT2D eigenvalue weighted by Crippen LogP contribution is -1.81. The van der Waals surface area contributed by atoms with Crippen LogP contribution in [-0.4, -0.2) is 14.4 Å². The summed E-state index contributed by atoms with van der Waals surface area (Å²) < 4.78 is 1.96. The van der Waals surface area contributed by atoms with Gasteiger partial charge in [0.2, 0.25) is 0 Å². The summed E-state index contributed by atoms with van der Waals surface area (Å²) in [6.07, 6.45) is 1.96. The highest BCUT2D eigenvalue weighted by molar-refractivity contribution is 7.18. The molecule has 0 N–H and O–H groups in total. The molecule has 0 aliphatic heterocycles. The summed E-state index contributed by atoms with van der Waals surface area (Å²) in [6, 6.07) is 25.8. The van der Waals surface area contributed by atoms with Gasteiger partial charge in [-0.05, 0) is 31.2 Å². The van der Waals surface area contributed by atoms with E-state index in [4.69, 9.17) is 9.97 Å². The van der Waals surface area contributed by atoms with Crippen molar-refractivity contribution in [3.63, 3.8) is 0 Å². The summed E-state index contributed by atoms with van der Waals surface area (Å²) in [5.74, 6) is 0.704. The first-order valence-electron chi connectivity index (χ1n) is 9.27. The SMILES string of the molecule is Cc1nc(-c2ccccc2)sc1-c1nc2ccccn2c1N=Nc1ccccc1. The van der Waals surface area contributed by atoms with E-state index in [9.17, 15) is 0 Å². The van der Waals surface area contributed by atoms with Crippen molar-refractivity contribution in [2.45, 2.75) is 6.92 Å². The van der Waals surface area contributed by atoms with Crippen molar-refractivity contribution in [3.05, 3.63) is 90.8 Å². The largest absolute Gasteiger partial charge is 0.283 e. The molecule has 5 nitrogen and oxygen atoms in total. The summed E-state index contributed by atoms with van der Waals surface area (Å²) >= 11 is 1.63. The van der Waals surface area contributed by atoms with E-state index >= 15 is 0 Å².